The van der Waals surface area contributed by atoms with Gasteiger partial charge < -0.3 is 4.52 Å². The molecule has 0 aliphatic carbocycles. The zero-order valence-corrected chi connectivity index (χ0v) is 9.20. The number of aryl methyl sites for hydroxylation is 1. The molecular formula is C8H13N3O3S. The number of aromatic nitrogens is 1. The smallest absolute Gasteiger partial charge is 0.277 e. The van der Waals surface area contributed by atoms with Gasteiger partial charge in [-0.15, -0.1) is 0 Å². The Hall–Kier alpha value is -0.920. The van der Waals surface area contributed by atoms with Gasteiger partial charge in [-0.1, -0.05) is 5.16 Å². The molecular weight excluding hydrogens is 218 g/mol. The molecule has 7 heteroatoms. The minimum absolute atomic E-state index is 0.291. The zero-order valence-electron chi connectivity index (χ0n) is 8.38. The van der Waals surface area contributed by atoms with Gasteiger partial charge in [0.15, 0.2) is 5.76 Å². The number of nitrogens with zero attached hydrogens (tertiary/aromatic N) is 2. The second kappa shape index (κ2) is 3.58. The summed E-state index contributed by atoms with van der Waals surface area (Å²) in [4.78, 5) is 0. The van der Waals surface area contributed by atoms with E-state index in [1.165, 1.54) is 4.31 Å². The van der Waals surface area contributed by atoms with Crippen LogP contribution in [0.1, 0.15) is 30.3 Å². The third-order valence-corrected chi connectivity index (χ3v) is 3.60. The minimum Gasteiger partial charge on any atom is -0.359 e. The molecule has 1 aromatic rings. The molecule has 2 N–H and O–H groups in total. The van der Waals surface area contributed by atoms with Crippen LogP contribution >= 0.6 is 0 Å². The molecule has 0 amide bonds. The van der Waals surface area contributed by atoms with E-state index in [2.05, 4.69) is 5.16 Å². The van der Waals surface area contributed by atoms with E-state index < -0.39 is 10.2 Å². The van der Waals surface area contributed by atoms with Gasteiger partial charge in [0.25, 0.3) is 10.2 Å². The molecule has 0 bridgehead atoms. The van der Waals surface area contributed by atoms with Crippen molar-refractivity contribution in [1.29, 1.82) is 0 Å². The van der Waals surface area contributed by atoms with E-state index >= 15 is 0 Å². The van der Waals surface area contributed by atoms with Crippen LogP contribution in [0.3, 0.4) is 0 Å². The van der Waals surface area contributed by atoms with Gasteiger partial charge in [0.05, 0.1) is 11.7 Å². The Morgan fingerprint density at radius 3 is 2.93 bits per heavy atom. The normalized spacial score (nSPS) is 23.5. The predicted molar refractivity (Wildman–Crippen MR) is 53.0 cm³/mol. The summed E-state index contributed by atoms with van der Waals surface area (Å²) in [6, 6.07) is 1.45. The van der Waals surface area contributed by atoms with E-state index in [1.807, 2.05) is 0 Å². The highest BCUT2D eigenvalue weighted by Gasteiger charge is 2.35. The molecule has 84 valence electrons. The molecule has 2 heterocycles. The Morgan fingerprint density at radius 2 is 2.40 bits per heavy atom. The second-order valence-corrected chi connectivity index (χ2v) is 5.18. The molecule has 0 spiro atoms. The fourth-order valence-electron chi connectivity index (χ4n) is 1.87. The number of hydrogen-bond donors (Lipinski definition) is 1. The Kier molecular flexibility index (Phi) is 2.53. The van der Waals surface area contributed by atoms with Gasteiger partial charge in [-0.2, -0.15) is 12.7 Å². The van der Waals surface area contributed by atoms with Crippen molar-refractivity contribution in [3.05, 3.63) is 17.5 Å². The molecule has 1 aliphatic rings. The SMILES string of the molecule is Cc1cc(C2CCCN2S(N)(=O)=O)on1. The topological polar surface area (TPSA) is 89.4 Å². The van der Waals surface area contributed by atoms with Gasteiger partial charge in [-0.25, -0.2) is 5.14 Å². The second-order valence-electron chi connectivity index (χ2n) is 3.68. The van der Waals surface area contributed by atoms with Crippen LogP contribution < -0.4 is 5.14 Å². The molecule has 1 atom stereocenters. The van der Waals surface area contributed by atoms with E-state index in [0.29, 0.717) is 12.3 Å². The number of nitrogens with two attached hydrogens (primary N) is 1. The van der Waals surface area contributed by atoms with Crippen LogP contribution in [-0.4, -0.2) is 24.4 Å². The van der Waals surface area contributed by atoms with Gasteiger partial charge in [0.1, 0.15) is 0 Å². The average Bonchev–Trinajstić information content (AvgIpc) is 2.68. The maximum Gasteiger partial charge on any atom is 0.277 e. The number of hydrogen-bond acceptors (Lipinski definition) is 4. The summed E-state index contributed by atoms with van der Waals surface area (Å²) in [6.07, 6.45) is 1.52. The molecule has 15 heavy (non-hydrogen) atoms. The van der Waals surface area contributed by atoms with Gasteiger partial charge in [0.2, 0.25) is 0 Å². The van der Waals surface area contributed by atoms with Crippen LogP contribution in [0.5, 0.6) is 0 Å². The summed E-state index contributed by atoms with van der Waals surface area (Å²) in [7, 11) is -3.65. The summed E-state index contributed by atoms with van der Waals surface area (Å²) >= 11 is 0. The van der Waals surface area contributed by atoms with Crippen LogP contribution in [0.15, 0.2) is 10.6 Å². The highest BCUT2D eigenvalue weighted by molar-refractivity contribution is 7.86. The maximum absolute atomic E-state index is 11.3. The summed E-state index contributed by atoms with van der Waals surface area (Å²) in [6.45, 7) is 2.24. The molecule has 0 aromatic carbocycles. The lowest BCUT2D eigenvalue weighted by molar-refractivity contribution is 0.297. The molecule has 1 aliphatic heterocycles. The van der Waals surface area contributed by atoms with Gasteiger partial charge in [-0.05, 0) is 19.8 Å². The van der Waals surface area contributed by atoms with Crippen molar-refractivity contribution in [2.45, 2.75) is 25.8 Å². The summed E-state index contributed by atoms with van der Waals surface area (Å²) in [5.41, 5.74) is 0.742. The van der Waals surface area contributed by atoms with Crippen molar-refractivity contribution in [1.82, 2.24) is 9.46 Å². The van der Waals surface area contributed by atoms with E-state index in [0.717, 1.165) is 18.5 Å². The van der Waals surface area contributed by atoms with Crippen molar-refractivity contribution in [3.63, 3.8) is 0 Å². The first-order chi connectivity index (χ1) is 6.98. The Morgan fingerprint density at radius 1 is 1.67 bits per heavy atom. The van der Waals surface area contributed by atoms with Gasteiger partial charge in [0, 0.05) is 12.6 Å². The first-order valence-corrected chi connectivity index (χ1v) is 6.21. The summed E-state index contributed by atoms with van der Waals surface area (Å²) in [5.74, 6) is 0.569. The maximum atomic E-state index is 11.3. The summed E-state index contributed by atoms with van der Waals surface area (Å²) in [5, 5.41) is 8.85. The van der Waals surface area contributed by atoms with Crippen molar-refractivity contribution in [3.8, 4) is 0 Å². The van der Waals surface area contributed by atoms with Gasteiger partial charge >= 0.3 is 0 Å². The van der Waals surface area contributed by atoms with Gasteiger partial charge in [-0.3, -0.25) is 0 Å². The molecule has 0 saturated carbocycles. The highest BCUT2D eigenvalue weighted by Crippen LogP contribution is 2.33. The van der Waals surface area contributed by atoms with Crippen molar-refractivity contribution < 1.29 is 12.9 Å². The van der Waals surface area contributed by atoms with Crippen LogP contribution in [-0.2, 0) is 10.2 Å². The lowest BCUT2D eigenvalue weighted by Crippen LogP contribution is -2.35. The predicted octanol–water partition coefficient (Wildman–Crippen LogP) is 0.323. The molecule has 1 fully saturated rings. The van der Waals surface area contributed by atoms with Crippen molar-refractivity contribution in [2.75, 3.05) is 6.54 Å². The molecule has 6 nitrogen and oxygen atoms in total. The highest BCUT2D eigenvalue weighted by atomic mass is 32.2. The standard InChI is InChI=1S/C8H13N3O3S/c1-6-5-8(14-10-6)7-3-2-4-11(7)15(9,12)13/h5,7H,2-4H2,1H3,(H2,9,12,13). The minimum atomic E-state index is -3.65. The zero-order chi connectivity index (χ0) is 11.1. The lowest BCUT2D eigenvalue weighted by atomic mass is 10.2. The van der Waals surface area contributed by atoms with E-state index in [4.69, 9.17) is 9.66 Å². The molecule has 1 saturated heterocycles. The van der Waals surface area contributed by atoms with Crippen LogP contribution in [0.4, 0.5) is 0 Å². The average molecular weight is 231 g/mol. The first kappa shape index (κ1) is 10.6. The largest absolute Gasteiger partial charge is 0.359 e. The van der Waals surface area contributed by atoms with Crippen molar-refractivity contribution >= 4 is 10.2 Å². The Bertz CT molecular complexity index is 453. The van der Waals surface area contributed by atoms with Crippen LogP contribution in [0.2, 0.25) is 0 Å². The molecule has 1 unspecified atom stereocenters. The fourth-order valence-corrected chi connectivity index (χ4v) is 2.82. The molecule has 0 radical (unpaired) electrons. The molecule has 1 aromatic heterocycles. The lowest BCUT2D eigenvalue weighted by Gasteiger charge is -2.18. The monoisotopic (exact) mass is 231 g/mol. The fraction of sp³-hybridized carbons (Fsp3) is 0.625. The third kappa shape index (κ3) is 2.04. The van der Waals surface area contributed by atoms with Crippen LogP contribution in [0, 0.1) is 6.92 Å². The van der Waals surface area contributed by atoms with E-state index in [-0.39, 0.29) is 6.04 Å². The van der Waals surface area contributed by atoms with Crippen LogP contribution in [0.25, 0.3) is 0 Å². The Balaban J connectivity index is 2.30. The first-order valence-electron chi connectivity index (χ1n) is 4.71. The Labute approximate surface area is 88.2 Å². The van der Waals surface area contributed by atoms with E-state index in [9.17, 15) is 8.42 Å². The quantitative estimate of drug-likeness (QED) is 0.793. The van der Waals surface area contributed by atoms with Crippen molar-refractivity contribution in [2.24, 2.45) is 5.14 Å². The summed E-state index contributed by atoms with van der Waals surface area (Å²) < 4.78 is 28.9. The third-order valence-electron chi connectivity index (χ3n) is 2.51. The van der Waals surface area contributed by atoms with E-state index in [1.54, 1.807) is 13.0 Å². The number of rotatable bonds is 2. The molecule has 2 rings (SSSR count).